The van der Waals surface area contributed by atoms with Gasteiger partial charge in [0.2, 0.25) is 0 Å². The molecule has 2 bridgehead atoms. The zero-order chi connectivity index (χ0) is 22.3. The Morgan fingerprint density at radius 1 is 1.00 bits per heavy atom. The second-order valence-electron chi connectivity index (χ2n) is 10.2. The number of hydrogen-bond donors (Lipinski definition) is 0. The number of pyridine rings is 1. The van der Waals surface area contributed by atoms with E-state index in [0.29, 0.717) is 0 Å². The van der Waals surface area contributed by atoms with Crippen molar-refractivity contribution in [1.82, 2.24) is 19.4 Å². The summed E-state index contributed by atoms with van der Waals surface area (Å²) in [5, 5.41) is 1.06. The van der Waals surface area contributed by atoms with Gasteiger partial charge in [-0.25, -0.2) is 9.97 Å². The second kappa shape index (κ2) is 6.26. The molecular formula is C26H32N4O. The third kappa shape index (κ3) is 2.62. The minimum absolute atomic E-state index is 0.0792. The summed E-state index contributed by atoms with van der Waals surface area (Å²) in [6, 6.07) is 6.59. The molecule has 0 aliphatic carbocycles. The van der Waals surface area contributed by atoms with Crippen molar-refractivity contribution in [3.63, 3.8) is 0 Å². The molecule has 3 aromatic heterocycles. The third-order valence-corrected chi connectivity index (χ3v) is 6.94. The number of ether oxygens (including phenoxy) is 1. The number of aryl methyl sites for hydroxylation is 1. The fraction of sp³-hybridized carbons (Fsp3) is 0.500. The third-order valence-electron chi connectivity index (χ3n) is 6.94. The van der Waals surface area contributed by atoms with Crippen molar-refractivity contribution in [2.24, 2.45) is 0 Å². The lowest BCUT2D eigenvalue weighted by atomic mass is 9.78. The zero-order valence-electron chi connectivity index (χ0n) is 19.9. The van der Waals surface area contributed by atoms with Gasteiger partial charge in [0.15, 0.2) is 0 Å². The molecule has 2 aliphatic heterocycles. The summed E-state index contributed by atoms with van der Waals surface area (Å²) in [6.07, 6.45) is 4.02. The van der Waals surface area contributed by atoms with Gasteiger partial charge in [0.05, 0.1) is 33.4 Å². The van der Waals surface area contributed by atoms with Crippen LogP contribution in [0.2, 0.25) is 0 Å². The van der Waals surface area contributed by atoms with Crippen LogP contribution in [0.3, 0.4) is 0 Å². The molecule has 2 aliphatic rings. The summed E-state index contributed by atoms with van der Waals surface area (Å²) in [5.74, 6) is 0.939. The van der Waals surface area contributed by atoms with Gasteiger partial charge in [0, 0.05) is 17.0 Å². The van der Waals surface area contributed by atoms with Crippen molar-refractivity contribution in [3.8, 4) is 0 Å². The second-order valence-corrected chi connectivity index (χ2v) is 10.2. The number of fused-ring (bicyclic) bond motifs is 10. The minimum Gasteiger partial charge on any atom is -0.360 e. The largest absolute Gasteiger partial charge is 0.360 e. The molecule has 0 amide bonds. The Labute approximate surface area is 183 Å². The Bertz CT molecular complexity index is 1360. The van der Waals surface area contributed by atoms with Crippen molar-refractivity contribution >= 4 is 27.6 Å². The van der Waals surface area contributed by atoms with Crippen molar-refractivity contribution in [2.45, 2.75) is 84.8 Å². The number of nitrogens with zero attached hydrogens (tertiary/aromatic N) is 4. The molecule has 1 aromatic carbocycles. The maximum absolute atomic E-state index is 6.46. The van der Waals surface area contributed by atoms with Crippen LogP contribution in [0.4, 0.5) is 0 Å². The first-order valence-electron chi connectivity index (χ1n) is 11.4. The Morgan fingerprint density at radius 3 is 2.29 bits per heavy atom. The van der Waals surface area contributed by atoms with Crippen LogP contribution >= 0.6 is 0 Å². The molecule has 0 saturated carbocycles. The Balaban J connectivity index is 0.000000994. The first-order valence-corrected chi connectivity index (χ1v) is 11.4. The van der Waals surface area contributed by atoms with Gasteiger partial charge in [-0.05, 0) is 62.9 Å². The Morgan fingerprint density at radius 2 is 1.65 bits per heavy atom. The van der Waals surface area contributed by atoms with Crippen molar-refractivity contribution in [2.75, 3.05) is 0 Å². The van der Waals surface area contributed by atoms with E-state index in [-0.39, 0.29) is 16.6 Å². The normalized spacial score (nSPS) is 24.6. The summed E-state index contributed by atoms with van der Waals surface area (Å²) >= 11 is 0. The predicted molar refractivity (Wildman–Crippen MR) is 126 cm³/mol. The lowest BCUT2D eigenvalue weighted by Crippen LogP contribution is -2.18. The van der Waals surface area contributed by atoms with Crippen molar-refractivity contribution in [1.29, 1.82) is 0 Å². The number of hydrogen-bond acceptors (Lipinski definition) is 4. The summed E-state index contributed by atoms with van der Waals surface area (Å²) in [4.78, 5) is 14.7. The lowest BCUT2D eigenvalue weighted by Gasteiger charge is -2.22. The van der Waals surface area contributed by atoms with Gasteiger partial charge in [-0.3, -0.25) is 9.38 Å². The van der Waals surface area contributed by atoms with Crippen LogP contribution in [-0.4, -0.2) is 19.4 Å². The summed E-state index contributed by atoms with van der Waals surface area (Å²) < 4.78 is 8.66. The number of rotatable bonds is 0. The molecule has 2 atom stereocenters. The first-order chi connectivity index (χ1) is 14.6. The average molecular weight is 417 g/mol. The molecule has 5 nitrogen and oxygen atoms in total. The number of aromatic nitrogens is 4. The predicted octanol–water partition coefficient (Wildman–Crippen LogP) is 6.32. The highest BCUT2D eigenvalue weighted by molar-refractivity contribution is 5.98. The summed E-state index contributed by atoms with van der Waals surface area (Å²) in [5.41, 5.74) is 7.21. The van der Waals surface area contributed by atoms with Crippen LogP contribution in [0, 0.1) is 6.92 Å². The zero-order valence-corrected chi connectivity index (χ0v) is 19.9. The van der Waals surface area contributed by atoms with Crippen LogP contribution in [0.1, 0.15) is 84.0 Å². The standard InChI is InChI=1S/C24H26N4O.C2H6/c1-13-26-19-14(7-10-25-20(19)22(2,3)4)21-27-17-11-15-16(12-18(17)28(13)21)24(6)9-8-23(15,5)29-24;1-2/h7,10-12H,8-9H2,1-6H3;1-2H3. The quantitative estimate of drug-likeness (QED) is 0.337. The molecule has 31 heavy (non-hydrogen) atoms. The van der Waals surface area contributed by atoms with Crippen molar-refractivity contribution < 1.29 is 4.74 Å². The van der Waals surface area contributed by atoms with Crippen LogP contribution in [0.5, 0.6) is 0 Å². The van der Waals surface area contributed by atoms with Crippen LogP contribution in [0.25, 0.3) is 27.6 Å². The molecule has 1 saturated heterocycles. The highest BCUT2D eigenvalue weighted by Crippen LogP contribution is 2.58. The number of benzene rings is 1. The van der Waals surface area contributed by atoms with Gasteiger partial charge in [-0.1, -0.05) is 34.6 Å². The maximum atomic E-state index is 6.46. The molecule has 0 spiro atoms. The molecule has 162 valence electrons. The van der Waals surface area contributed by atoms with E-state index >= 15 is 0 Å². The van der Waals surface area contributed by atoms with E-state index in [1.807, 2.05) is 26.1 Å². The van der Waals surface area contributed by atoms with Gasteiger partial charge in [0.1, 0.15) is 11.5 Å². The molecule has 5 heteroatoms. The lowest BCUT2D eigenvalue weighted by molar-refractivity contribution is -0.0661. The molecule has 6 rings (SSSR count). The van der Waals surface area contributed by atoms with Gasteiger partial charge in [0.25, 0.3) is 0 Å². The highest BCUT2D eigenvalue weighted by atomic mass is 16.5. The molecule has 5 heterocycles. The van der Waals surface area contributed by atoms with E-state index in [9.17, 15) is 0 Å². The van der Waals surface area contributed by atoms with Crippen LogP contribution in [-0.2, 0) is 21.4 Å². The van der Waals surface area contributed by atoms with E-state index in [1.54, 1.807) is 0 Å². The minimum atomic E-state index is -0.191. The number of imidazole rings is 1. The topological polar surface area (TPSA) is 52.3 Å². The SMILES string of the molecule is CC.Cc1nc2c(C(C)(C)C)nccc2c2nc3cc4c(cc3n12)C1(C)CCC4(C)O1. The average Bonchev–Trinajstić information content (AvgIpc) is 3.32. The van der Waals surface area contributed by atoms with Gasteiger partial charge < -0.3 is 4.74 Å². The fourth-order valence-electron chi connectivity index (χ4n) is 5.47. The first kappa shape index (κ1) is 20.4. The Hall–Kier alpha value is -2.53. The summed E-state index contributed by atoms with van der Waals surface area (Å²) in [7, 11) is 0. The van der Waals surface area contributed by atoms with Crippen molar-refractivity contribution in [3.05, 3.63) is 47.0 Å². The molecular weight excluding hydrogens is 384 g/mol. The van der Waals surface area contributed by atoms with Gasteiger partial charge >= 0.3 is 0 Å². The monoisotopic (exact) mass is 416 g/mol. The maximum Gasteiger partial charge on any atom is 0.148 e. The van der Waals surface area contributed by atoms with Crippen LogP contribution in [0.15, 0.2) is 24.4 Å². The van der Waals surface area contributed by atoms with E-state index in [1.165, 1.54) is 11.1 Å². The van der Waals surface area contributed by atoms with E-state index in [2.05, 4.69) is 63.1 Å². The van der Waals surface area contributed by atoms with E-state index in [4.69, 9.17) is 14.7 Å². The Kier molecular flexibility index (Phi) is 4.11. The molecule has 0 radical (unpaired) electrons. The van der Waals surface area contributed by atoms with Gasteiger partial charge in [-0.15, -0.1) is 0 Å². The van der Waals surface area contributed by atoms with E-state index in [0.717, 1.165) is 51.9 Å². The summed E-state index contributed by atoms with van der Waals surface area (Å²) in [6.45, 7) is 17.0. The van der Waals surface area contributed by atoms with E-state index < -0.39 is 0 Å². The molecule has 1 fully saturated rings. The highest BCUT2D eigenvalue weighted by Gasteiger charge is 2.54. The molecule has 2 unspecified atom stereocenters. The molecule has 0 N–H and O–H groups in total. The van der Waals surface area contributed by atoms with Crippen LogP contribution < -0.4 is 0 Å². The smallest absolute Gasteiger partial charge is 0.148 e. The fourth-order valence-corrected chi connectivity index (χ4v) is 5.47. The van der Waals surface area contributed by atoms with Gasteiger partial charge in [-0.2, -0.15) is 0 Å². The molecule has 4 aromatic rings.